The van der Waals surface area contributed by atoms with Crippen LogP contribution in [0.1, 0.15) is 36.7 Å². The number of sulfonamides is 1. The van der Waals surface area contributed by atoms with Crippen molar-refractivity contribution in [1.82, 2.24) is 4.31 Å². The number of allylic oxidation sites excluding steroid dienone is 1. The van der Waals surface area contributed by atoms with Crippen LogP contribution in [0.3, 0.4) is 0 Å². The van der Waals surface area contributed by atoms with Crippen LogP contribution in [0.2, 0.25) is 0 Å². The number of esters is 1. The Kier molecular flexibility index (Phi) is 5.67. The maximum atomic E-state index is 13.4. The highest BCUT2D eigenvalue weighted by Gasteiger charge is 2.42. The van der Waals surface area contributed by atoms with Crippen molar-refractivity contribution >= 4 is 27.5 Å². The largest absolute Gasteiger partial charge is 0.423 e. The Morgan fingerprint density at radius 2 is 1.63 bits per heavy atom. The summed E-state index contributed by atoms with van der Waals surface area (Å²) in [5.74, 6) is -1.22. The molecule has 1 heterocycles. The van der Waals surface area contributed by atoms with E-state index in [9.17, 15) is 18.0 Å². The standard InChI is InChI=1S/C23H23NO5S/c1-5-15-24-19(20(25)16-11-7-6-8-12-16)21(29-22(26)23(2,3)4)17-13-9-10-14-18(17)30(24,27)28/h5-14H,1,15H2,2-4H3. The molecule has 0 radical (unpaired) electrons. The number of ether oxygens (including phenoxy) is 1. The minimum Gasteiger partial charge on any atom is -0.423 e. The number of carbonyl (C=O) groups is 2. The highest BCUT2D eigenvalue weighted by Crippen LogP contribution is 2.39. The number of fused-ring (bicyclic) bond motifs is 1. The van der Waals surface area contributed by atoms with Gasteiger partial charge in [-0.05, 0) is 32.9 Å². The van der Waals surface area contributed by atoms with E-state index in [1.165, 1.54) is 18.2 Å². The van der Waals surface area contributed by atoms with E-state index in [1.54, 1.807) is 63.2 Å². The average molecular weight is 426 g/mol. The molecule has 0 N–H and O–H groups in total. The second-order valence-electron chi connectivity index (χ2n) is 7.83. The third kappa shape index (κ3) is 3.80. The summed E-state index contributed by atoms with van der Waals surface area (Å²) < 4.78 is 33.3. The number of hydrogen-bond donors (Lipinski definition) is 0. The highest BCUT2D eigenvalue weighted by atomic mass is 32.2. The summed E-state index contributed by atoms with van der Waals surface area (Å²) in [6.45, 7) is 8.51. The molecule has 0 amide bonds. The van der Waals surface area contributed by atoms with Gasteiger partial charge in [0.05, 0.1) is 16.9 Å². The van der Waals surface area contributed by atoms with Gasteiger partial charge >= 0.3 is 5.97 Å². The van der Waals surface area contributed by atoms with Crippen molar-refractivity contribution < 1.29 is 22.7 Å². The molecule has 0 fully saturated rings. The SMILES string of the molecule is C=CCN1C(C(=O)c2ccccc2)=C(OC(=O)C(C)(C)C)c2ccccc2S1(=O)=O. The molecule has 0 aromatic heterocycles. The third-order valence-electron chi connectivity index (χ3n) is 4.52. The number of benzene rings is 2. The zero-order valence-corrected chi connectivity index (χ0v) is 17.9. The van der Waals surface area contributed by atoms with Gasteiger partial charge in [-0.3, -0.25) is 13.9 Å². The van der Waals surface area contributed by atoms with Crippen LogP contribution in [0.15, 0.2) is 77.8 Å². The first kappa shape index (κ1) is 21.5. The van der Waals surface area contributed by atoms with E-state index in [1.807, 2.05) is 0 Å². The quantitative estimate of drug-likeness (QED) is 0.411. The van der Waals surface area contributed by atoms with Gasteiger partial charge in [-0.1, -0.05) is 48.5 Å². The minimum atomic E-state index is -4.06. The Morgan fingerprint density at radius 1 is 1.03 bits per heavy atom. The Hall–Kier alpha value is -3.19. The van der Waals surface area contributed by atoms with Gasteiger partial charge in [0.1, 0.15) is 5.70 Å². The summed E-state index contributed by atoms with van der Waals surface area (Å²) in [5.41, 5.74) is -0.616. The summed E-state index contributed by atoms with van der Waals surface area (Å²) in [6.07, 6.45) is 1.38. The first-order chi connectivity index (χ1) is 14.1. The molecule has 156 valence electrons. The van der Waals surface area contributed by atoms with E-state index in [4.69, 9.17) is 4.74 Å². The highest BCUT2D eigenvalue weighted by molar-refractivity contribution is 7.89. The number of ketones is 1. The molecule has 3 rings (SSSR count). The lowest BCUT2D eigenvalue weighted by Crippen LogP contribution is -2.39. The first-order valence-corrected chi connectivity index (χ1v) is 10.8. The minimum absolute atomic E-state index is 0.0341. The number of nitrogens with zero attached hydrogens (tertiary/aromatic N) is 1. The summed E-state index contributed by atoms with van der Waals surface area (Å²) >= 11 is 0. The molecule has 0 saturated heterocycles. The molecule has 2 aromatic rings. The predicted molar refractivity (Wildman–Crippen MR) is 114 cm³/mol. The van der Waals surface area contributed by atoms with Crippen molar-refractivity contribution in [2.75, 3.05) is 6.54 Å². The molecular weight excluding hydrogens is 402 g/mol. The first-order valence-electron chi connectivity index (χ1n) is 9.38. The van der Waals surface area contributed by atoms with E-state index in [2.05, 4.69) is 6.58 Å². The second-order valence-corrected chi connectivity index (χ2v) is 9.66. The van der Waals surface area contributed by atoms with E-state index in [0.717, 1.165) is 4.31 Å². The average Bonchev–Trinajstić information content (AvgIpc) is 2.71. The third-order valence-corrected chi connectivity index (χ3v) is 6.34. The Bertz CT molecular complexity index is 1140. The number of Topliss-reactive ketones (excluding diaryl/α,β-unsaturated/α-hetero) is 1. The topological polar surface area (TPSA) is 80.8 Å². The normalized spacial score (nSPS) is 15.4. The lowest BCUT2D eigenvalue weighted by Gasteiger charge is -2.33. The van der Waals surface area contributed by atoms with E-state index in [0.29, 0.717) is 0 Å². The van der Waals surface area contributed by atoms with E-state index >= 15 is 0 Å². The molecule has 0 unspecified atom stereocenters. The van der Waals surface area contributed by atoms with Gasteiger partial charge in [-0.15, -0.1) is 6.58 Å². The van der Waals surface area contributed by atoms with Gasteiger partial charge in [0.2, 0.25) is 5.78 Å². The molecule has 30 heavy (non-hydrogen) atoms. The van der Waals surface area contributed by atoms with E-state index in [-0.39, 0.29) is 34.0 Å². The molecule has 0 atom stereocenters. The van der Waals surface area contributed by atoms with Crippen molar-refractivity contribution in [3.8, 4) is 0 Å². The van der Waals surface area contributed by atoms with Crippen molar-refractivity contribution in [3.63, 3.8) is 0 Å². The van der Waals surface area contributed by atoms with Crippen molar-refractivity contribution in [1.29, 1.82) is 0 Å². The van der Waals surface area contributed by atoms with Crippen LogP contribution in [-0.2, 0) is 19.6 Å². The van der Waals surface area contributed by atoms with Crippen molar-refractivity contribution in [3.05, 3.63) is 84.1 Å². The summed E-state index contributed by atoms with van der Waals surface area (Å²) in [6, 6.07) is 14.4. The fourth-order valence-electron chi connectivity index (χ4n) is 2.96. The molecule has 0 spiro atoms. The van der Waals surface area contributed by atoms with Gasteiger partial charge in [0, 0.05) is 11.1 Å². The molecule has 1 aliphatic rings. The van der Waals surface area contributed by atoms with Crippen molar-refractivity contribution in [2.45, 2.75) is 25.7 Å². The van der Waals surface area contributed by atoms with Crippen molar-refractivity contribution in [2.24, 2.45) is 5.41 Å². The molecule has 0 aliphatic carbocycles. The second kappa shape index (κ2) is 7.91. The van der Waals surface area contributed by atoms with Crippen LogP contribution in [-0.4, -0.2) is 31.0 Å². The maximum absolute atomic E-state index is 13.4. The molecule has 6 nitrogen and oxygen atoms in total. The Labute approximate surface area is 176 Å². The number of hydrogen-bond acceptors (Lipinski definition) is 5. The van der Waals surface area contributed by atoms with Crippen LogP contribution in [0, 0.1) is 5.41 Å². The van der Waals surface area contributed by atoms with Crippen LogP contribution >= 0.6 is 0 Å². The maximum Gasteiger partial charge on any atom is 0.316 e. The fourth-order valence-corrected chi connectivity index (χ4v) is 4.59. The molecule has 7 heteroatoms. The van der Waals surface area contributed by atoms with Crippen LogP contribution in [0.5, 0.6) is 0 Å². The summed E-state index contributed by atoms with van der Waals surface area (Å²) in [7, 11) is -4.06. The Balaban J connectivity index is 2.35. The monoisotopic (exact) mass is 425 g/mol. The molecular formula is C23H23NO5S. The number of carbonyl (C=O) groups excluding carboxylic acids is 2. The summed E-state index contributed by atoms with van der Waals surface area (Å²) in [5, 5.41) is 0. The zero-order chi connectivity index (χ0) is 22.1. The molecule has 0 saturated carbocycles. The lowest BCUT2D eigenvalue weighted by molar-refractivity contribution is -0.145. The van der Waals surface area contributed by atoms with Crippen LogP contribution in [0.25, 0.3) is 5.76 Å². The van der Waals surface area contributed by atoms with Gasteiger partial charge in [0.15, 0.2) is 5.76 Å². The van der Waals surface area contributed by atoms with Gasteiger partial charge in [-0.25, -0.2) is 8.42 Å². The lowest BCUT2D eigenvalue weighted by atomic mass is 9.97. The van der Waals surface area contributed by atoms with E-state index < -0.39 is 27.2 Å². The van der Waals surface area contributed by atoms with Gasteiger partial charge in [-0.2, -0.15) is 0 Å². The van der Waals surface area contributed by atoms with Crippen LogP contribution in [0.4, 0.5) is 0 Å². The van der Waals surface area contributed by atoms with Crippen LogP contribution < -0.4 is 0 Å². The molecule has 0 bridgehead atoms. The zero-order valence-electron chi connectivity index (χ0n) is 17.1. The fraction of sp³-hybridized carbons (Fsp3) is 0.217. The molecule has 1 aliphatic heterocycles. The smallest absolute Gasteiger partial charge is 0.316 e. The Morgan fingerprint density at radius 3 is 2.23 bits per heavy atom. The predicted octanol–water partition coefficient (Wildman–Crippen LogP) is 4.02. The number of rotatable bonds is 5. The van der Waals surface area contributed by atoms with Gasteiger partial charge in [0.25, 0.3) is 10.0 Å². The van der Waals surface area contributed by atoms with Gasteiger partial charge < -0.3 is 4.74 Å². The summed E-state index contributed by atoms with van der Waals surface area (Å²) in [4.78, 5) is 26.1. The molecule has 2 aromatic carbocycles.